The number of hydrogen-bond acceptors (Lipinski definition) is 7. The largest absolute Gasteiger partial charge is 0.495 e. The minimum atomic E-state index is -0.928. The summed E-state index contributed by atoms with van der Waals surface area (Å²) in [6.07, 6.45) is 1.29. The van der Waals surface area contributed by atoms with Gasteiger partial charge in [0.05, 0.1) is 38.1 Å². The van der Waals surface area contributed by atoms with Gasteiger partial charge in [-0.3, -0.25) is 14.9 Å². The number of nitrogens with one attached hydrogen (secondary N) is 1. The molecule has 1 fully saturated rings. The highest BCUT2D eigenvalue weighted by molar-refractivity contribution is 6.39. The van der Waals surface area contributed by atoms with Crippen LogP contribution in [0.15, 0.2) is 35.9 Å². The van der Waals surface area contributed by atoms with Crippen LogP contribution >= 0.6 is 11.6 Å². The van der Waals surface area contributed by atoms with Crippen molar-refractivity contribution < 1.29 is 33.3 Å². The lowest BCUT2D eigenvalue weighted by Gasteiger charge is -2.28. The molecule has 0 spiro atoms. The Labute approximate surface area is 195 Å². The smallest absolute Gasteiger partial charge is 0.336 e. The Morgan fingerprint density at radius 3 is 2.18 bits per heavy atom. The average molecular weight is 475 g/mol. The van der Waals surface area contributed by atoms with Gasteiger partial charge in [-0.15, -0.1) is 0 Å². The van der Waals surface area contributed by atoms with E-state index in [-0.39, 0.29) is 33.9 Å². The molecule has 2 aromatic rings. The number of benzene rings is 2. The van der Waals surface area contributed by atoms with Gasteiger partial charge in [0.25, 0.3) is 11.8 Å². The first-order valence-electron chi connectivity index (χ1n) is 9.87. The minimum Gasteiger partial charge on any atom is -0.495 e. The zero-order valence-electron chi connectivity index (χ0n) is 18.7. The van der Waals surface area contributed by atoms with Gasteiger partial charge in [0.2, 0.25) is 0 Å². The molecule has 1 aliphatic rings. The van der Waals surface area contributed by atoms with Crippen molar-refractivity contribution in [2.24, 2.45) is 0 Å². The number of imide groups is 2. The zero-order valence-corrected chi connectivity index (χ0v) is 19.5. The molecule has 174 valence electrons. The molecule has 1 N–H and O–H groups in total. The molecule has 1 saturated heterocycles. The third-order valence-electron chi connectivity index (χ3n) is 4.66. The first-order chi connectivity index (χ1) is 15.7. The third-order valence-corrected chi connectivity index (χ3v) is 4.95. The zero-order chi connectivity index (χ0) is 24.3. The van der Waals surface area contributed by atoms with Gasteiger partial charge in [0.15, 0.2) is 11.5 Å². The normalized spacial score (nSPS) is 15.1. The van der Waals surface area contributed by atoms with Gasteiger partial charge in [-0.1, -0.05) is 17.7 Å². The standard InChI is InChI=1S/C23H23ClN2O7/c1-12(2)33-17-7-6-13(9-20(17)32-5)8-14-21(27)25-23(29)26(22(14)28)16-11-18(30-3)15(24)10-19(16)31-4/h6-12H,1-5H3,(H,25,27,29)/b14-8-. The molecular formula is C23H23ClN2O7. The third kappa shape index (κ3) is 4.88. The van der Waals surface area contributed by atoms with Crippen molar-refractivity contribution in [3.05, 3.63) is 46.5 Å². The van der Waals surface area contributed by atoms with Gasteiger partial charge in [0, 0.05) is 12.1 Å². The molecule has 2 aromatic carbocycles. The highest BCUT2D eigenvalue weighted by Crippen LogP contribution is 2.39. The second-order valence-corrected chi connectivity index (χ2v) is 7.60. The number of hydrogen-bond donors (Lipinski definition) is 1. The number of rotatable bonds is 7. The fourth-order valence-corrected chi connectivity index (χ4v) is 3.42. The maximum absolute atomic E-state index is 13.3. The lowest BCUT2D eigenvalue weighted by molar-refractivity contribution is -0.122. The van der Waals surface area contributed by atoms with E-state index in [1.54, 1.807) is 18.2 Å². The van der Waals surface area contributed by atoms with Gasteiger partial charge in [-0.25, -0.2) is 9.69 Å². The first kappa shape index (κ1) is 23.9. The van der Waals surface area contributed by atoms with Crippen LogP contribution in [0.4, 0.5) is 10.5 Å². The molecule has 1 aliphatic heterocycles. The molecule has 0 aromatic heterocycles. The topological polar surface area (TPSA) is 103 Å². The van der Waals surface area contributed by atoms with E-state index in [1.807, 2.05) is 13.8 Å². The van der Waals surface area contributed by atoms with Crippen LogP contribution in [0.25, 0.3) is 6.08 Å². The maximum atomic E-state index is 13.3. The van der Waals surface area contributed by atoms with Crippen LogP contribution in [-0.4, -0.2) is 45.3 Å². The molecule has 33 heavy (non-hydrogen) atoms. The van der Waals surface area contributed by atoms with E-state index in [4.69, 9.17) is 30.5 Å². The number of methoxy groups -OCH3 is 3. The van der Waals surface area contributed by atoms with E-state index in [0.29, 0.717) is 17.1 Å². The second kappa shape index (κ2) is 9.83. The predicted molar refractivity (Wildman–Crippen MR) is 122 cm³/mol. The molecular weight excluding hydrogens is 452 g/mol. The van der Waals surface area contributed by atoms with Crippen LogP contribution in [0.1, 0.15) is 19.4 Å². The number of halogens is 1. The molecule has 4 amide bonds. The summed E-state index contributed by atoms with van der Waals surface area (Å²) >= 11 is 6.13. The number of amides is 4. The Bertz CT molecular complexity index is 1140. The van der Waals surface area contributed by atoms with Crippen LogP contribution in [0, 0.1) is 0 Å². The summed E-state index contributed by atoms with van der Waals surface area (Å²) in [6.45, 7) is 3.76. The summed E-state index contributed by atoms with van der Waals surface area (Å²) in [4.78, 5) is 39.2. The molecule has 0 aliphatic carbocycles. The Morgan fingerprint density at radius 1 is 0.909 bits per heavy atom. The summed E-state index contributed by atoms with van der Waals surface area (Å²) in [5, 5.41) is 2.40. The summed E-state index contributed by atoms with van der Waals surface area (Å²) in [5.41, 5.74) is 0.305. The van der Waals surface area contributed by atoms with E-state index >= 15 is 0 Å². The van der Waals surface area contributed by atoms with E-state index < -0.39 is 17.8 Å². The van der Waals surface area contributed by atoms with Gasteiger partial charge in [0.1, 0.15) is 17.1 Å². The van der Waals surface area contributed by atoms with Crippen LogP contribution in [-0.2, 0) is 9.59 Å². The van der Waals surface area contributed by atoms with E-state index in [2.05, 4.69) is 5.32 Å². The Balaban J connectivity index is 2.05. The number of ether oxygens (including phenoxy) is 4. The van der Waals surface area contributed by atoms with Crippen molar-refractivity contribution in [1.29, 1.82) is 0 Å². The van der Waals surface area contributed by atoms with Gasteiger partial charge in [-0.05, 0) is 37.6 Å². The lowest BCUT2D eigenvalue weighted by atomic mass is 10.1. The molecule has 0 bridgehead atoms. The molecule has 3 rings (SSSR count). The first-order valence-corrected chi connectivity index (χ1v) is 10.3. The van der Waals surface area contributed by atoms with Crippen molar-refractivity contribution in [3.8, 4) is 23.0 Å². The molecule has 0 radical (unpaired) electrons. The SMILES string of the molecule is COc1cc(N2C(=O)NC(=O)/C(=C/c3ccc(OC(C)C)c(OC)c3)C2=O)c(OC)cc1Cl. The summed E-state index contributed by atoms with van der Waals surface area (Å²) in [5.74, 6) is -0.353. The van der Waals surface area contributed by atoms with Crippen LogP contribution in [0.3, 0.4) is 0 Å². The van der Waals surface area contributed by atoms with Crippen LogP contribution < -0.4 is 29.2 Å². The fourth-order valence-electron chi connectivity index (χ4n) is 3.19. The van der Waals surface area contributed by atoms with Gasteiger partial charge in [-0.2, -0.15) is 0 Å². The Hall–Kier alpha value is -3.72. The highest BCUT2D eigenvalue weighted by atomic mass is 35.5. The maximum Gasteiger partial charge on any atom is 0.336 e. The van der Waals surface area contributed by atoms with Crippen molar-refractivity contribution in [3.63, 3.8) is 0 Å². The summed E-state index contributed by atoms with van der Waals surface area (Å²) < 4.78 is 21.5. The molecule has 1 heterocycles. The summed E-state index contributed by atoms with van der Waals surface area (Å²) in [6, 6.07) is 6.83. The lowest BCUT2D eigenvalue weighted by Crippen LogP contribution is -2.54. The molecule has 0 atom stereocenters. The van der Waals surface area contributed by atoms with Gasteiger partial charge >= 0.3 is 6.03 Å². The number of nitrogens with zero attached hydrogens (tertiary/aromatic N) is 1. The highest BCUT2D eigenvalue weighted by Gasteiger charge is 2.38. The number of urea groups is 1. The monoisotopic (exact) mass is 474 g/mol. The quantitative estimate of drug-likeness (QED) is 0.480. The molecule has 10 heteroatoms. The Kier molecular flexibility index (Phi) is 7.13. The number of carbonyl (C=O) groups excluding carboxylic acids is 3. The summed E-state index contributed by atoms with van der Waals surface area (Å²) in [7, 11) is 4.24. The van der Waals surface area contributed by atoms with Crippen LogP contribution in [0.2, 0.25) is 5.02 Å². The van der Waals surface area contributed by atoms with Crippen molar-refractivity contribution in [2.75, 3.05) is 26.2 Å². The fraction of sp³-hybridized carbons (Fsp3) is 0.261. The van der Waals surface area contributed by atoms with Crippen molar-refractivity contribution in [1.82, 2.24) is 5.32 Å². The van der Waals surface area contributed by atoms with E-state index in [1.165, 1.54) is 39.5 Å². The molecule has 9 nitrogen and oxygen atoms in total. The molecule has 0 saturated carbocycles. The predicted octanol–water partition coefficient (Wildman–Crippen LogP) is 3.82. The van der Waals surface area contributed by atoms with E-state index in [0.717, 1.165) is 4.90 Å². The van der Waals surface area contributed by atoms with Crippen LogP contribution in [0.5, 0.6) is 23.0 Å². The number of carbonyl (C=O) groups is 3. The van der Waals surface area contributed by atoms with Crippen molar-refractivity contribution >= 4 is 41.2 Å². The number of barbiturate groups is 1. The van der Waals surface area contributed by atoms with Gasteiger partial charge < -0.3 is 18.9 Å². The second-order valence-electron chi connectivity index (χ2n) is 7.19. The number of anilines is 1. The average Bonchev–Trinajstić information content (AvgIpc) is 2.77. The van der Waals surface area contributed by atoms with Crippen molar-refractivity contribution in [2.45, 2.75) is 20.0 Å². The van der Waals surface area contributed by atoms with E-state index in [9.17, 15) is 14.4 Å². The Morgan fingerprint density at radius 2 is 1.58 bits per heavy atom. The molecule has 0 unspecified atom stereocenters. The minimum absolute atomic E-state index is 0.0675.